The zero-order valence-electron chi connectivity index (χ0n) is 17.1. The number of rotatable bonds is 2. The minimum absolute atomic E-state index is 0. The average molecular weight is 459 g/mol. The molecule has 4 heteroatoms. The van der Waals surface area contributed by atoms with E-state index in [1.165, 1.54) is 27.6 Å². The van der Waals surface area contributed by atoms with Crippen LogP contribution in [0.2, 0.25) is 0 Å². The summed E-state index contributed by atoms with van der Waals surface area (Å²) < 4.78 is 2.11. The molecule has 0 atom stereocenters. The molecule has 5 rings (SSSR count). The molecule has 0 fully saturated rings. The summed E-state index contributed by atoms with van der Waals surface area (Å²) >= 11 is 0. The first-order valence-electron chi connectivity index (χ1n) is 9.38. The van der Waals surface area contributed by atoms with Gasteiger partial charge in [-0.25, -0.2) is 15.7 Å². The van der Waals surface area contributed by atoms with Gasteiger partial charge in [-0.1, -0.05) is 36.8 Å². The van der Waals surface area contributed by atoms with Crippen molar-refractivity contribution in [1.82, 2.24) is 4.98 Å². The number of hydrogen-bond donors (Lipinski definition) is 0. The largest absolute Gasteiger partial charge is 0.287 e. The number of benzene rings is 4. The molecule has 0 aliphatic heterocycles. The second-order valence-corrected chi connectivity index (χ2v) is 7.11. The molecule has 2 nitrogen and oxygen atoms in total. The molecule has 0 amide bonds. The van der Waals surface area contributed by atoms with Crippen LogP contribution in [0.15, 0.2) is 79.1 Å². The minimum atomic E-state index is 0. The summed E-state index contributed by atoms with van der Waals surface area (Å²) in [5.41, 5.74) is 6.68. The predicted octanol–water partition coefficient (Wildman–Crippen LogP) is 5.07. The van der Waals surface area contributed by atoms with E-state index in [4.69, 9.17) is 4.98 Å². The molecule has 0 saturated carbocycles. The van der Waals surface area contributed by atoms with Gasteiger partial charge in [0.2, 0.25) is 0 Å². The van der Waals surface area contributed by atoms with Gasteiger partial charge in [-0.3, -0.25) is 0 Å². The average Bonchev–Trinajstić information content (AvgIpc) is 2.75. The topological polar surface area (TPSA) is 16.8 Å². The van der Waals surface area contributed by atoms with Gasteiger partial charge < -0.3 is 0 Å². The normalized spacial score (nSPS) is 10.5. The van der Waals surface area contributed by atoms with Gasteiger partial charge in [0, 0.05) is 46.5 Å². The van der Waals surface area contributed by atoms with Crippen LogP contribution in [-0.4, -0.2) is 13.4 Å². The zero-order valence-corrected chi connectivity index (χ0v) is 19.9. The van der Waals surface area contributed by atoms with Crippen molar-refractivity contribution < 1.29 is 37.3 Å². The van der Waals surface area contributed by atoms with E-state index in [-0.39, 0.29) is 41.1 Å². The van der Waals surface area contributed by atoms with E-state index in [9.17, 15) is 0 Å². The van der Waals surface area contributed by atoms with Crippen LogP contribution in [0.4, 0.5) is 0 Å². The van der Waals surface area contributed by atoms with Crippen molar-refractivity contribution in [2.75, 3.05) is 0 Å². The monoisotopic (exact) mass is 459 g/mol. The molecule has 0 N–H and O–H groups in total. The first-order valence-corrected chi connectivity index (χ1v) is 9.38. The zero-order chi connectivity index (χ0) is 19.1. The first kappa shape index (κ1) is 22.3. The van der Waals surface area contributed by atoms with Crippen LogP contribution < -0.4 is 4.57 Å². The maximum Gasteiger partial charge on any atom is 0.287 e. The molecule has 0 spiro atoms. The van der Waals surface area contributed by atoms with Crippen LogP contribution in [-0.2, 0) is 39.8 Å². The third kappa shape index (κ3) is 3.85. The second-order valence-electron chi connectivity index (χ2n) is 7.11. The molecule has 0 aliphatic rings. The van der Waals surface area contributed by atoms with Crippen molar-refractivity contribution in [3.05, 3.63) is 96.8 Å². The maximum absolute atomic E-state index is 4.75. The SMILES string of the molecule is Cc1c[c-]c(-c2[c-]cccc2)cc1-c1c2ccc3ccccc3c2nc[n+]1C.[B].[Y]. The van der Waals surface area contributed by atoms with Crippen molar-refractivity contribution in [2.24, 2.45) is 7.05 Å². The molecule has 5 aromatic rings. The first-order chi connectivity index (χ1) is 13.7. The Kier molecular flexibility index (Phi) is 6.85. The molecule has 0 unspecified atom stereocenters. The van der Waals surface area contributed by atoms with Gasteiger partial charge in [-0.2, -0.15) is 42.5 Å². The predicted molar refractivity (Wildman–Crippen MR) is 119 cm³/mol. The molecular weight excluding hydrogens is 440 g/mol. The van der Waals surface area contributed by atoms with E-state index < -0.39 is 0 Å². The molecule has 0 saturated heterocycles. The van der Waals surface area contributed by atoms with Gasteiger partial charge in [-0.15, -0.1) is 11.6 Å². The van der Waals surface area contributed by atoms with E-state index in [0.29, 0.717) is 0 Å². The van der Waals surface area contributed by atoms with Crippen LogP contribution in [0.1, 0.15) is 5.56 Å². The summed E-state index contributed by atoms with van der Waals surface area (Å²) in [6.07, 6.45) is 1.91. The molecule has 0 bridgehead atoms. The van der Waals surface area contributed by atoms with E-state index in [1.54, 1.807) is 0 Å². The molecule has 4 aromatic carbocycles. The Hall–Kier alpha value is -2.35. The Bertz CT molecular complexity index is 1330. The molecule has 1 aromatic heterocycles. The van der Waals surface area contributed by atoms with E-state index in [2.05, 4.69) is 85.3 Å². The number of aryl methyl sites for hydroxylation is 2. The van der Waals surface area contributed by atoms with E-state index >= 15 is 0 Å². The van der Waals surface area contributed by atoms with E-state index in [0.717, 1.165) is 22.0 Å². The summed E-state index contributed by atoms with van der Waals surface area (Å²) in [7, 11) is 2.06. The molecule has 0 aliphatic carbocycles. The van der Waals surface area contributed by atoms with Crippen LogP contribution in [0, 0.1) is 19.1 Å². The Labute approximate surface area is 204 Å². The summed E-state index contributed by atoms with van der Waals surface area (Å²) in [5.74, 6) is 0. The van der Waals surface area contributed by atoms with Gasteiger partial charge >= 0.3 is 0 Å². The van der Waals surface area contributed by atoms with Crippen LogP contribution in [0.25, 0.3) is 44.1 Å². The fraction of sp³-hybridized carbons (Fsp3) is 0.0769. The Morgan fingerprint density at radius 1 is 0.867 bits per heavy atom. The fourth-order valence-corrected chi connectivity index (χ4v) is 3.85. The molecule has 1 heterocycles. The minimum Gasteiger partial charge on any atom is -0.234 e. The van der Waals surface area contributed by atoms with Gasteiger partial charge in [0.15, 0.2) is 5.52 Å². The third-order valence-corrected chi connectivity index (χ3v) is 5.28. The Morgan fingerprint density at radius 2 is 1.67 bits per heavy atom. The second kappa shape index (κ2) is 9.20. The van der Waals surface area contributed by atoms with Gasteiger partial charge in [0.05, 0.1) is 12.4 Å². The summed E-state index contributed by atoms with van der Waals surface area (Å²) in [6, 6.07) is 31.8. The number of nitrogens with zero attached hydrogens (tertiary/aromatic N) is 2. The third-order valence-electron chi connectivity index (χ3n) is 5.28. The Balaban J connectivity index is 0.00000128. The number of hydrogen-bond acceptors (Lipinski definition) is 1. The molecule has 4 radical (unpaired) electrons. The number of aromatic nitrogens is 2. The number of fused-ring (bicyclic) bond motifs is 3. The maximum atomic E-state index is 4.75. The van der Waals surface area contributed by atoms with Gasteiger partial charge in [0.25, 0.3) is 6.33 Å². The summed E-state index contributed by atoms with van der Waals surface area (Å²) in [4.78, 5) is 4.75. The van der Waals surface area contributed by atoms with E-state index in [1.807, 2.05) is 24.5 Å². The van der Waals surface area contributed by atoms with Crippen LogP contribution >= 0.6 is 0 Å². The molecule has 30 heavy (non-hydrogen) atoms. The van der Waals surface area contributed by atoms with Crippen LogP contribution in [0.5, 0.6) is 0 Å². The smallest absolute Gasteiger partial charge is 0.234 e. The van der Waals surface area contributed by atoms with Crippen LogP contribution in [0.3, 0.4) is 0 Å². The quantitative estimate of drug-likeness (QED) is 0.156. The van der Waals surface area contributed by atoms with Crippen molar-refractivity contribution in [3.63, 3.8) is 0 Å². The van der Waals surface area contributed by atoms with Crippen molar-refractivity contribution in [1.29, 1.82) is 0 Å². The molecule has 140 valence electrons. The Morgan fingerprint density at radius 3 is 2.47 bits per heavy atom. The standard InChI is InChI=1S/C26H19N2.B.Y/c1-18-12-13-21(19-8-4-3-5-9-19)16-24(18)26-23-15-14-20-10-6-7-11-22(20)25(23)27-17-28(26)2;;/h3-8,10-12,14-17H,1-2H3;;/q-1;;. The van der Waals surface area contributed by atoms with Crippen molar-refractivity contribution >= 4 is 30.1 Å². The van der Waals surface area contributed by atoms with Crippen molar-refractivity contribution in [3.8, 4) is 22.4 Å². The van der Waals surface area contributed by atoms with Crippen molar-refractivity contribution in [2.45, 2.75) is 6.92 Å². The summed E-state index contributed by atoms with van der Waals surface area (Å²) in [5, 5.41) is 3.54. The fourth-order valence-electron chi connectivity index (χ4n) is 3.85. The summed E-state index contributed by atoms with van der Waals surface area (Å²) in [6.45, 7) is 2.14. The van der Waals surface area contributed by atoms with Gasteiger partial charge in [0.1, 0.15) is 5.69 Å². The molecular formula is C26H19BN2Y-. The van der Waals surface area contributed by atoms with Gasteiger partial charge in [-0.05, 0) is 22.5 Å².